The summed E-state index contributed by atoms with van der Waals surface area (Å²) < 4.78 is 0. The van der Waals surface area contributed by atoms with Crippen molar-refractivity contribution >= 4 is 22.9 Å². The quantitative estimate of drug-likeness (QED) is 0.357. The highest BCUT2D eigenvalue weighted by molar-refractivity contribution is 5.89. The van der Waals surface area contributed by atoms with Gasteiger partial charge in [0.15, 0.2) is 5.82 Å². The van der Waals surface area contributed by atoms with Crippen molar-refractivity contribution in [2.24, 2.45) is 0 Å². The molecule has 4 aromatic rings. The average Bonchev–Trinajstić information content (AvgIpc) is 3.19. The van der Waals surface area contributed by atoms with Crippen LogP contribution in [0.2, 0.25) is 0 Å². The van der Waals surface area contributed by atoms with Crippen molar-refractivity contribution in [1.29, 1.82) is 0 Å². The lowest BCUT2D eigenvalue weighted by Crippen LogP contribution is -2.25. The summed E-state index contributed by atoms with van der Waals surface area (Å²) in [6.07, 6.45) is 1.88. The van der Waals surface area contributed by atoms with Crippen LogP contribution < -0.4 is 9.80 Å². The van der Waals surface area contributed by atoms with Gasteiger partial charge in [-0.1, -0.05) is 81.4 Å². The van der Waals surface area contributed by atoms with Crippen LogP contribution in [0.5, 0.6) is 0 Å². The van der Waals surface area contributed by atoms with E-state index >= 15 is 0 Å². The Morgan fingerprint density at radius 1 is 0.710 bits per heavy atom. The molecule has 3 nitrogen and oxygen atoms in total. The minimum atomic E-state index is 0.104. The van der Waals surface area contributed by atoms with Crippen molar-refractivity contribution in [3.05, 3.63) is 103 Å². The lowest BCUT2D eigenvalue weighted by Gasteiger charge is -2.25. The summed E-state index contributed by atoms with van der Waals surface area (Å²) in [6, 6.07) is 32.2. The van der Waals surface area contributed by atoms with Crippen molar-refractivity contribution in [1.82, 2.24) is 4.98 Å². The Kier molecular flexibility index (Phi) is 4.74. The molecule has 0 saturated carbocycles. The van der Waals surface area contributed by atoms with Crippen LogP contribution in [0.25, 0.3) is 11.1 Å². The number of hydrogen-bond donors (Lipinski definition) is 0. The molecule has 0 amide bonds. The van der Waals surface area contributed by atoms with E-state index in [1.807, 2.05) is 12.3 Å². The Balaban J connectivity index is 1.61. The summed E-state index contributed by atoms with van der Waals surface area (Å²) in [5.41, 5.74) is 7.36. The number of pyridine rings is 1. The SMILES string of the molecule is CC(C)(C)c1cccc(N2CN(c3ccccc3-c3ccccc3)c3ncccc32)c1. The fourth-order valence-corrected chi connectivity index (χ4v) is 4.21. The van der Waals surface area contributed by atoms with Gasteiger partial charge in [0.05, 0.1) is 11.4 Å². The Hall–Kier alpha value is -3.59. The van der Waals surface area contributed by atoms with Crippen molar-refractivity contribution < 1.29 is 0 Å². The van der Waals surface area contributed by atoms with E-state index in [0.717, 1.165) is 18.2 Å². The van der Waals surface area contributed by atoms with E-state index in [1.165, 1.54) is 28.1 Å². The maximum Gasteiger partial charge on any atom is 0.158 e. The second kappa shape index (κ2) is 7.59. The van der Waals surface area contributed by atoms with Gasteiger partial charge in [0.1, 0.15) is 6.67 Å². The molecular formula is C28H27N3. The first-order valence-corrected chi connectivity index (χ1v) is 10.8. The van der Waals surface area contributed by atoms with E-state index in [-0.39, 0.29) is 5.41 Å². The summed E-state index contributed by atoms with van der Waals surface area (Å²) in [7, 11) is 0. The van der Waals surface area contributed by atoms with Gasteiger partial charge >= 0.3 is 0 Å². The highest BCUT2D eigenvalue weighted by atomic mass is 15.4. The lowest BCUT2D eigenvalue weighted by atomic mass is 9.87. The Morgan fingerprint density at radius 3 is 2.26 bits per heavy atom. The first kappa shape index (κ1) is 19.4. The number of benzene rings is 3. The van der Waals surface area contributed by atoms with Crippen LogP contribution in [0.15, 0.2) is 97.2 Å². The predicted molar refractivity (Wildman–Crippen MR) is 130 cm³/mol. The maximum atomic E-state index is 4.78. The van der Waals surface area contributed by atoms with Gasteiger partial charge in [-0.15, -0.1) is 0 Å². The summed E-state index contributed by atoms with van der Waals surface area (Å²) in [4.78, 5) is 9.46. The molecule has 0 spiro atoms. The monoisotopic (exact) mass is 405 g/mol. The van der Waals surface area contributed by atoms with Crippen molar-refractivity contribution in [2.75, 3.05) is 16.5 Å². The van der Waals surface area contributed by atoms with Gasteiger partial charge in [0.25, 0.3) is 0 Å². The molecule has 0 N–H and O–H groups in total. The molecule has 3 heteroatoms. The van der Waals surface area contributed by atoms with Crippen LogP contribution >= 0.6 is 0 Å². The van der Waals surface area contributed by atoms with Crippen LogP contribution in [0.1, 0.15) is 26.3 Å². The smallest absolute Gasteiger partial charge is 0.158 e. The van der Waals surface area contributed by atoms with Gasteiger partial charge in [-0.25, -0.2) is 4.98 Å². The molecule has 1 aliphatic rings. The molecule has 0 unspecified atom stereocenters. The minimum Gasteiger partial charge on any atom is -0.320 e. The van der Waals surface area contributed by atoms with Crippen LogP contribution in [0.3, 0.4) is 0 Å². The van der Waals surface area contributed by atoms with Crippen LogP contribution in [-0.2, 0) is 5.41 Å². The number of hydrogen-bond acceptors (Lipinski definition) is 3. The van der Waals surface area contributed by atoms with E-state index < -0.39 is 0 Å². The minimum absolute atomic E-state index is 0.104. The third kappa shape index (κ3) is 3.57. The van der Waals surface area contributed by atoms with Gasteiger partial charge < -0.3 is 9.80 Å². The van der Waals surface area contributed by atoms with E-state index in [1.54, 1.807) is 0 Å². The number of fused-ring (bicyclic) bond motifs is 1. The predicted octanol–water partition coefficient (Wildman–Crippen LogP) is 7.29. The van der Waals surface area contributed by atoms with E-state index in [9.17, 15) is 0 Å². The second-order valence-corrected chi connectivity index (χ2v) is 9.03. The van der Waals surface area contributed by atoms with Crippen LogP contribution in [0, 0.1) is 0 Å². The summed E-state index contributed by atoms with van der Waals surface area (Å²) in [5, 5.41) is 0. The van der Waals surface area contributed by atoms with Gasteiger partial charge in [-0.05, 0) is 46.9 Å². The Labute approximate surface area is 184 Å². The molecule has 0 saturated heterocycles. The number of anilines is 4. The zero-order valence-corrected chi connectivity index (χ0v) is 18.3. The number of nitrogens with zero attached hydrogens (tertiary/aromatic N) is 3. The highest BCUT2D eigenvalue weighted by Gasteiger charge is 2.30. The topological polar surface area (TPSA) is 19.4 Å². The van der Waals surface area contributed by atoms with Gasteiger partial charge in [0.2, 0.25) is 0 Å². The Morgan fingerprint density at radius 2 is 1.45 bits per heavy atom. The number of aromatic nitrogens is 1. The third-order valence-electron chi connectivity index (χ3n) is 5.90. The normalized spacial score (nSPS) is 13.4. The molecule has 0 bridgehead atoms. The molecule has 0 radical (unpaired) electrons. The number of para-hydroxylation sites is 1. The number of rotatable bonds is 3. The largest absolute Gasteiger partial charge is 0.320 e. The molecule has 2 heterocycles. The standard InChI is InChI=1S/C28H27N3/c1-28(2,3)22-13-9-14-23(19-22)30-20-31(27-26(30)17-10-18-29-27)25-16-8-7-15-24(25)21-11-5-4-6-12-21/h4-19H,20H2,1-3H3. The molecule has 3 aromatic carbocycles. The van der Waals surface area contributed by atoms with Crippen LogP contribution in [-0.4, -0.2) is 11.7 Å². The molecule has 0 aliphatic carbocycles. The van der Waals surface area contributed by atoms with E-state index in [4.69, 9.17) is 4.98 Å². The average molecular weight is 406 g/mol. The Bertz CT molecular complexity index is 1210. The first-order chi connectivity index (χ1) is 15.0. The van der Waals surface area contributed by atoms with E-state index in [0.29, 0.717) is 0 Å². The third-order valence-corrected chi connectivity index (χ3v) is 5.90. The van der Waals surface area contributed by atoms with Gasteiger partial charge in [0, 0.05) is 17.4 Å². The summed E-state index contributed by atoms with van der Waals surface area (Å²) >= 11 is 0. The fourth-order valence-electron chi connectivity index (χ4n) is 4.21. The molecule has 0 atom stereocenters. The van der Waals surface area contributed by atoms with Crippen molar-refractivity contribution in [3.63, 3.8) is 0 Å². The zero-order chi connectivity index (χ0) is 21.4. The van der Waals surface area contributed by atoms with Crippen molar-refractivity contribution in [3.8, 4) is 11.1 Å². The summed E-state index contributed by atoms with van der Waals surface area (Å²) in [5.74, 6) is 0.993. The summed E-state index contributed by atoms with van der Waals surface area (Å²) in [6.45, 7) is 7.50. The van der Waals surface area contributed by atoms with Crippen molar-refractivity contribution in [2.45, 2.75) is 26.2 Å². The van der Waals surface area contributed by atoms with Gasteiger partial charge in [-0.2, -0.15) is 0 Å². The van der Waals surface area contributed by atoms with Crippen LogP contribution in [0.4, 0.5) is 22.9 Å². The van der Waals surface area contributed by atoms with E-state index in [2.05, 4.69) is 116 Å². The fraction of sp³-hybridized carbons (Fsp3) is 0.179. The highest BCUT2D eigenvalue weighted by Crippen LogP contribution is 2.45. The molecule has 1 aromatic heterocycles. The molecule has 1 aliphatic heterocycles. The molecule has 154 valence electrons. The second-order valence-electron chi connectivity index (χ2n) is 9.03. The first-order valence-electron chi connectivity index (χ1n) is 10.8. The zero-order valence-electron chi connectivity index (χ0n) is 18.3. The van der Waals surface area contributed by atoms with Gasteiger partial charge in [-0.3, -0.25) is 0 Å². The molecule has 0 fully saturated rings. The molecule has 5 rings (SSSR count). The maximum absolute atomic E-state index is 4.78. The molecular weight excluding hydrogens is 378 g/mol. The lowest BCUT2D eigenvalue weighted by molar-refractivity contribution is 0.590. The molecule has 31 heavy (non-hydrogen) atoms.